The van der Waals surface area contributed by atoms with E-state index in [1.165, 1.54) is 6.21 Å². The highest BCUT2D eigenvalue weighted by molar-refractivity contribution is 5.95. The number of carbonyl (C=O) groups is 2. The van der Waals surface area contributed by atoms with Gasteiger partial charge in [-0.2, -0.15) is 5.10 Å². The van der Waals surface area contributed by atoms with Crippen molar-refractivity contribution in [1.82, 2.24) is 5.43 Å². The Balaban J connectivity index is 1.17. The van der Waals surface area contributed by atoms with Gasteiger partial charge in [0.05, 0.1) is 11.8 Å². The number of rotatable bonds is 5. The van der Waals surface area contributed by atoms with Crippen molar-refractivity contribution >= 4 is 18.1 Å². The van der Waals surface area contributed by atoms with E-state index in [-0.39, 0.29) is 12.7 Å². The summed E-state index contributed by atoms with van der Waals surface area (Å²) in [7, 11) is 0. The molecule has 0 radical (unpaired) electrons. The van der Waals surface area contributed by atoms with E-state index in [0.717, 1.165) is 0 Å². The quantitative estimate of drug-likeness (QED) is 0.278. The summed E-state index contributed by atoms with van der Waals surface area (Å²) < 4.78 is 26.8. The van der Waals surface area contributed by atoms with Crippen LogP contribution in [0.5, 0.6) is 28.7 Å². The normalized spacial score (nSPS) is 13.6. The minimum Gasteiger partial charge on any atom is -0.486 e. The van der Waals surface area contributed by atoms with Gasteiger partial charge in [0, 0.05) is 5.56 Å². The molecule has 0 atom stereocenters. The molecular formula is C24H18N2O7. The second-order valence-corrected chi connectivity index (χ2v) is 7.08. The lowest BCUT2D eigenvalue weighted by atomic mass is 10.2. The smallest absolute Gasteiger partial charge is 0.343 e. The molecule has 2 heterocycles. The van der Waals surface area contributed by atoms with Gasteiger partial charge in [-0.05, 0) is 66.2 Å². The zero-order chi connectivity index (χ0) is 22.6. The van der Waals surface area contributed by atoms with Crippen molar-refractivity contribution in [2.45, 2.75) is 0 Å². The first-order valence-electron chi connectivity index (χ1n) is 10.1. The molecule has 0 saturated heterocycles. The first kappa shape index (κ1) is 20.4. The molecule has 0 aromatic heterocycles. The van der Waals surface area contributed by atoms with Crippen molar-refractivity contribution in [3.8, 4) is 28.7 Å². The summed E-state index contributed by atoms with van der Waals surface area (Å²) in [5.74, 6) is 1.73. The maximum absolute atomic E-state index is 12.4. The number of hydrogen-bond acceptors (Lipinski definition) is 8. The van der Waals surface area contributed by atoms with E-state index in [4.69, 9.17) is 23.7 Å². The van der Waals surface area contributed by atoms with Crippen LogP contribution in [0.25, 0.3) is 0 Å². The fourth-order valence-corrected chi connectivity index (χ4v) is 3.23. The lowest BCUT2D eigenvalue weighted by Crippen LogP contribution is -2.19. The van der Waals surface area contributed by atoms with Crippen LogP contribution in [0.3, 0.4) is 0 Å². The molecule has 0 aliphatic carbocycles. The number of amides is 1. The number of nitrogens with one attached hydrogen (secondary N) is 1. The Hall–Kier alpha value is -4.53. The van der Waals surface area contributed by atoms with E-state index in [1.807, 2.05) is 0 Å². The van der Waals surface area contributed by atoms with Crippen LogP contribution in [0, 0.1) is 0 Å². The third-order valence-electron chi connectivity index (χ3n) is 4.88. The lowest BCUT2D eigenvalue weighted by molar-refractivity contribution is 0.0734. The van der Waals surface area contributed by atoms with Gasteiger partial charge in [0.2, 0.25) is 6.79 Å². The summed E-state index contributed by atoms with van der Waals surface area (Å²) in [4.78, 5) is 24.7. The molecule has 2 aliphatic rings. The number of hydrogen-bond donors (Lipinski definition) is 1. The van der Waals surface area contributed by atoms with Crippen LogP contribution in [0.4, 0.5) is 0 Å². The van der Waals surface area contributed by atoms with Gasteiger partial charge in [-0.3, -0.25) is 4.79 Å². The molecule has 3 aromatic rings. The molecule has 0 saturated carbocycles. The Bertz CT molecular complexity index is 1240. The van der Waals surface area contributed by atoms with Crippen molar-refractivity contribution in [2.75, 3.05) is 20.0 Å². The third-order valence-corrected chi connectivity index (χ3v) is 4.88. The highest BCUT2D eigenvalue weighted by Crippen LogP contribution is 2.33. The first-order chi connectivity index (χ1) is 16.2. The molecule has 2 aliphatic heterocycles. The highest BCUT2D eigenvalue weighted by Gasteiger charge is 2.17. The molecule has 1 amide bonds. The summed E-state index contributed by atoms with van der Waals surface area (Å²) in [5.41, 5.74) is 3.94. The van der Waals surface area contributed by atoms with Gasteiger partial charge < -0.3 is 23.7 Å². The van der Waals surface area contributed by atoms with Gasteiger partial charge in [0.15, 0.2) is 23.0 Å². The molecule has 0 unspecified atom stereocenters. The molecule has 9 heteroatoms. The van der Waals surface area contributed by atoms with Gasteiger partial charge >= 0.3 is 5.97 Å². The Kier molecular flexibility index (Phi) is 5.50. The summed E-state index contributed by atoms with van der Waals surface area (Å²) in [6.45, 7) is 1.06. The van der Waals surface area contributed by atoms with Crippen LogP contribution in [0.2, 0.25) is 0 Å². The zero-order valence-electron chi connectivity index (χ0n) is 17.3. The van der Waals surface area contributed by atoms with Crippen molar-refractivity contribution in [1.29, 1.82) is 0 Å². The predicted molar refractivity (Wildman–Crippen MR) is 116 cm³/mol. The van der Waals surface area contributed by atoms with Crippen LogP contribution in [-0.2, 0) is 0 Å². The number of hydrazone groups is 1. The Morgan fingerprint density at radius 3 is 2.24 bits per heavy atom. The number of carbonyl (C=O) groups excluding carboxylic acids is 2. The van der Waals surface area contributed by atoms with Gasteiger partial charge in [-0.1, -0.05) is 0 Å². The maximum Gasteiger partial charge on any atom is 0.343 e. The monoisotopic (exact) mass is 446 g/mol. The Morgan fingerprint density at radius 2 is 1.42 bits per heavy atom. The topological polar surface area (TPSA) is 105 Å². The fraction of sp³-hybridized carbons (Fsp3) is 0.125. The van der Waals surface area contributed by atoms with Gasteiger partial charge in [-0.15, -0.1) is 0 Å². The average Bonchev–Trinajstić information content (AvgIpc) is 3.33. The summed E-state index contributed by atoms with van der Waals surface area (Å²) in [6.07, 6.45) is 1.49. The average molecular weight is 446 g/mol. The summed E-state index contributed by atoms with van der Waals surface area (Å²) in [6, 6.07) is 16.5. The molecule has 0 bridgehead atoms. The second kappa shape index (κ2) is 8.91. The van der Waals surface area contributed by atoms with E-state index in [1.54, 1.807) is 60.7 Å². The van der Waals surface area contributed by atoms with Crippen LogP contribution < -0.4 is 29.1 Å². The summed E-state index contributed by atoms with van der Waals surface area (Å²) >= 11 is 0. The lowest BCUT2D eigenvalue weighted by Gasteiger charge is -2.18. The Morgan fingerprint density at radius 1 is 0.788 bits per heavy atom. The SMILES string of the molecule is O=C(N/N=C/c1ccc(OC(=O)c2ccc3c(c2)OCO3)cc1)c1ccc2c(c1)OCCO2. The third kappa shape index (κ3) is 4.57. The minimum absolute atomic E-state index is 0.133. The van der Waals surface area contributed by atoms with E-state index in [0.29, 0.717) is 58.7 Å². The largest absolute Gasteiger partial charge is 0.486 e. The van der Waals surface area contributed by atoms with Crippen molar-refractivity contribution < 1.29 is 33.3 Å². The van der Waals surface area contributed by atoms with Crippen LogP contribution in [0.15, 0.2) is 65.8 Å². The van der Waals surface area contributed by atoms with Crippen LogP contribution in [0.1, 0.15) is 26.3 Å². The number of fused-ring (bicyclic) bond motifs is 2. The standard InChI is InChI=1S/C24H18N2O7/c27-23(16-3-7-19-21(11-16)30-10-9-29-19)26-25-13-15-1-5-18(6-2-15)33-24(28)17-4-8-20-22(12-17)32-14-31-20/h1-8,11-13H,9-10,14H2,(H,26,27)/b25-13+. The van der Waals surface area contributed by atoms with Crippen LogP contribution >= 0.6 is 0 Å². The molecule has 166 valence electrons. The molecule has 0 fully saturated rings. The Labute approximate surface area is 188 Å². The number of nitrogens with zero attached hydrogens (tertiary/aromatic N) is 1. The van der Waals surface area contributed by atoms with Gasteiger partial charge in [-0.25, -0.2) is 10.2 Å². The molecule has 1 N–H and O–H groups in total. The minimum atomic E-state index is -0.513. The van der Waals surface area contributed by atoms with Crippen molar-refractivity contribution in [3.05, 3.63) is 77.4 Å². The molecule has 9 nitrogen and oxygen atoms in total. The van der Waals surface area contributed by atoms with Crippen molar-refractivity contribution in [2.24, 2.45) is 5.10 Å². The van der Waals surface area contributed by atoms with Crippen molar-refractivity contribution in [3.63, 3.8) is 0 Å². The van der Waals surface area contributed by atoms with E-state index >= 15 is 0 Å². The molecule has 33 heavy (non-hydrogen) atoms. The van der Waals surface area contributed by atoms with Gasteiger partial charge in [0.1, 0.15) is 19.0 Å². The number of benzene rings is 3. The van der Waals surface area contributed by atoms with Crippen LogP contribution in [-0.4, -0.2) is 38.1 Å². The maximum atomic E-state index is 12.4. The first-order valence-corrected chi connectivity index (χ1v) is 10.1. The molecule has 5 rings (SSSR count). The molecule has 3 aromatic carbocycles. The number of ether oxygens (including phenoxy) is 5. The second-order valence-electron chi connectivity index (χ2n) is 7.08. The van der Waals surface area contributed by atoms with E-state index < -0.39 is 5.97 Å². The molecule has 0 spiro atoms. The predicted octanol–water partition coefficient (Wildman–Crippen LogP) is 3.17. The van der Waals surface area contributed by atoms with E-state index in [2.05, 4.69) is 10.5 Å². The molecular weight excluding hydrogens is 428 g/mol. The number of esters is 1. The zero-order valence-corrected chi connectivity index (χ0v) is 17.3. The highest BCUT2D eigenvalue weighted by atomic mass is 16.7. The van der Waals surface area contributed by atoms with Gasteiger partial charge in [0.25, 0.3) is 5.91 Å². The summed E-state index contributed by atoms with van der Waals surface area (Å²) in [5, 5.41) is 3.97. The van der Waals surface area contributed by atoms with E-state index in [9.17, 15) is 9.59 Å². The fourth-order valence-electron chi connectivity index (χ4n) is 3.23.